The van der Waals surface area contributed by atoms with E-state index in [0.717, 1.165) is 24.3 Å². The van der Waals surface area contributed by atoms with Crippen LogP contribution < -0.4 is 15.0 Å². The molecule has 2 fully saturated rings. The van der Waals surface area contributed by atoms with Crippen molar-refractivity contribution in [1.29, 1.82) is 0 Å². The van der Waals surface area contributed by atoms with Crippen molar-refractivity contribution in [1.82, 2.24) is 9.47 Å². The molecule has 9 heteroatoms. The van der Waals surface area contributed by atoms with Crippen LogP contribution in [0.3, 0.4) is 0 Å². The minimum absolute atomic E-state index is 0.0541. The maximum Gasteiger partial charge on any atom is 0.218 e. The highest BCUT2D eigenvalue weighted by atomic mass is 19.1. The average molecular weight is 463 g/mol. The number of rotatable bonds is 8. The Labute approximate surface area is 194 Å². The van der Waals surface area contributed by atoms with Crippen LogP contribution in [0.25, 0.3) is 0 Å². The van der Waals surface area contributed by atoms with E-state index >= 15 is 0 Å². The zero-order chi connectivity index (χ0) is 23.5. The fourth-order valence-electron chi connectivity index (χ4n) is 4.95. The maximum absolute atomic E-state index is 14.0. The standard InChI is InChI=1S/C24H35FN4O4/c1-16-22(26-2)24(32)29(23(16)31)15-18(30)14-27-9-11-28(12-10-27)20-13-17(25)7-8-21(20)33-19-5-3-4-6-19/h7-8,13,18-19,26,30-32H,3-6,9-12,14-15H2,1-2H3. The lowest BCUT2D eigenvalue weighted by Crippen LogP contribution is -2.49. The van der Waals surface area contributed by atoms with Crippen molar-refractivity contribution < 1.29 is 24.4 Å². The highest BCUT2D eigenvalue weighted by molar-refractivity contribution is 5.64. The third-order valence-electron chi connectivity index (χ3n) is 6.79. The molecule has 33 heavy (non-hydrogen) atoms. The molecule has 1 aliphatic heterocycles. The van der Waals surface area contributed by atoms with Gasteiger partial charge in [0.05, 0.1) is 24.4 Å². The Kier molecular flexibility index (Phi) is 7.19. The van der Waals surface area contributed by atoms with E-state index in [4.69, 9.17) is 4.74 Å². The van der Waals surface area contributed by atoms with Gasteiger partial charge in [-0.05, 0) is 44.7 Å². The number of aromatic hydroxyl groups is 2. The van der Waals surface area contributed by atoms with Crippen molar-refractivity contribution in [2.75, 3.05) is 50.0 Å². The third kappa shape index (κ3) is 5.14. The highest BCUT2D eigenvalue weighted by Crippen LogP contribution is 2.37. The first-order chi connectivity index (χ1) is 15.9. The Bertz CT molecular complexity index is 952. The molecule has 1 aliphatic carbocycles. The number of aromatic nitrogens is 1. The van der Waals surface area contributed by atoms with Gasteiger partial charge in [0.1, 0.15) is 17.3 Å². The second-order valence-corrected chi connectivity index (χ2v) is 9.09. The first-order valence-corrected chi connectivity index (χ1v) is 11.8. The average Bonchev–Trinajstić information content (AvgIpc) is 3.38. The predicted octanol–water partition coefficient (Wildman–Crippen LogP) is 2.89. The summed E-state index contributed by atoms with van der Waals surface area (Å²) in [6, 6.07) is 4.73. The number of β-amino-alcohol motifs (C(OH)–C–C–N with tert-alkyl or cyclic N) is 1. The van der Waals surface area contributed by atoms with Crippen molar-refractivity contribution in [2.24, 2.45) is 0 Å². The van der Waals surface area contributed by atoms with E-state index in [1.54, 1.807) is 26.1 Å². The molecule has 8 nitrogen and oxygen atoms in total. The number of ether oxygens (including phenoxy) is 1. The molecule has 2 heterocycles. The van der Waals surface area contributed by atoms with Gasteiger partial charge in [-0.15, -0.1) is 0 Å². The Morgan fingerprint density at radius 2 is 1.79 bits per heavy atom. The number of piperazine rings is 1. The van der Waals surface area contributed by atoms with Crippen molar-refractivity contribution in [3.63, 3.8) is 0 Å². The number of halogens is 1. The first-order valence-electron chi connectivity index (χ1n) is 11.8. The summed E-state index contributed by atoms with van der Waals surface area (Å²) in [5, 5.41) is 34.1. The van der Waals surface area contributed by atoms with E-state index in [2.05, 4.69) is 15.1 Å². The summed E-state index contributed by atoms with van der Waals surface area (Å²) in [4.78, 5) is 4.28. The van der Waals surface area contributed by atoms with Gasteiger partial charge in [-0.2, -0.15) is 0 Å². The molecular weight excluding hydrogens is 427 g/mol. The first kappa shape index (κ1) is 23.5. The molecule has 2 aromatic rings. The quantitative estimate of drug-likeness (QED) is 0.479. The molecule has 1 aromatic carbocycles. The SMILES string of the molecule is CNc1c(C)c(O)n(CC(O)CN2CCN(c3cc(F)ccc3OC3CCCC3)CC2)c1O. The van der Waals surface area contributed by atoms with Gasteiger partial charge in [0, 0.05) is 51.4 Å². The molecule has 1 saturated heterocycles. The van der Waals surface area contributed by atoms with Gasteiger partial charge in [-0.1, -0.05) is 0 Å². The minimum Gasteiger partial charge on any atom is -0.494 e. The molecular formula is C24H35FN4O4. The lowest BCUT2D eigenvalue weighted by atomic mass is 10.2. The van der Waals surface area contributed by atoms with E-state index in [9.17, 15) is 19.7 Å². The summed E-state index contributed by atoms with van der Waals surface area (Å²) >= 11 is 0. The largest absolute Gasteiger partial charge is 0.494 e. The van der Waals surface area contributed by atoms with Crippen LogP contribution in [0.4, 0.5) is 15.8 Å². The van der Waals surface area contributed by atoms with Crippen LogP contribution >= 0.6 is 0 Å². The second kappa shape index (κ2) is 10.1. The van der Waals surface area contributed by atoms with E-state index < -0.39 is 6.10 Å². The molecule has 182 valence electrons. The number of nitrogens with zero attached hydrogens (tertiary/aromatic N) is 3. The van der Waals surface area contributed by atoms with Gasteiger partial charge in [-0.25, -0.2) is 4.39 Å². The summed E-state index contributed by atoms with van der Waals surface area (Å²) in [5.41, 5.74) is 1.79. The molecule has 1 atom stereocenters. The normalized spacial score (nSPS) is 18.6. The monoisotopic (exact) mass is 462 g/mol. The van der Waals surface area contributed by atoms with Crippen molar-refractivity contribution >= 4 is 11.4 Å². The third-order valence-corrected chi connectivity index (χ3v) is 6.79. The van der Waals surface area contributed by atoms with E-state index in [1.165, 1.54) is 23.5 Å². The summed E-state index contributed by atoms with van der Waals surface area (Å²) in [6.45, 7) is 5.01. The topological polar surface area (TPSA) is 93.4 Å². The molecule has 0 bridgehead atoms. The lowest BCUT2D eigenvalue weighted by Gasteiger charge is -2.37. The van der Waals surface area contributed by atoms with Crippen LogP contribution in [-0.2, 0) is 6.54 Å². The number of hydrogen-bond donors (Lipinski definition) is 4. The number of aliphatic hydroxyl groups is 1. The molecule has 0 radical (unpaired) electrons. The highest BCUT2D eigenvalue weighted by Gasteiger charge is 2.26. The molecule has 0 spiro atoms. The minimum atomic E-state index is -0.764. The van der Waals surface area contributed by atoms with Crippen LogP contribution in [0.15, 0.2) is 18.2 Å². The van der Waals surface area contributed by atoms with Gasteiger partial charge in [0.15, 0.2) is 5.88 Å². The predicted molar refractivity (Wildman–Crippen MR) is 126 cm³/mol. The summed E-state index contributed by atoms with van der Waals surface area (Å²) in [6.07, 6.45) is 3.89. The number of anilines is 2. The number of nitrogens with one attached hydrogen (secondary N) is 1. The van der Waals surface area contributed by atoms with E-state index in [1.807, 2.05) is 0 Å². The molecule has 1 aromatic heterocycles. The van der Waals surface area contributed by atoms with Gasteiger partial charge in [0.25, 0.3) is 0 Å². The number of aliphatic hydroxyl groups excluding tert-OH is 1. The molecule has 4 rings (SSSR count). The van der Waals surface area contributed by atoms with Crippen LogP contribution in [0.5, 0.6) is 17.5 Å². The van der Waals surface area contributed by atoms with E-state index in [0.29, 0.717) is 44.0 Å². The molecule has 1 saturated carbocycles. The maximum atomic E-state index is 14.0. The Morgan fingerprint density at radius 1 is 1.09 bits per heavy atom. The fourth-order valence-corrected chi connectivity index (χ4v) is 4.95. The Hall–Kier alpha value is -2.65. The summed E-state index contributed by atoms with van der Waals surface area (Å²) in [7, 11) is 1.67. The summed E-state index contributed by atoms with van der Waals surface area (Å²) < 4.78 is 21.5. The number of hydrogen-bond acceptors (Lipinski definition) is 7. The van der Waals surface area contributed by atoms with Crippen LogP contribution in [0, 0.1) is 12.7 Å². The second-order valence-electron chi connectivity index (χ2n) is 9.09. The van der Waals surface area contributed by atoms with Crippen molar-refractivity contribution in [3.8, 4) is 17.5 Å². The fraction of sp³-hybridized carbons (Fsp3) is 0.583. The van der Waals surface area contributed by atoms with Crippen LogP contribution in [0.1, 0.15) is 31.2 Å². The molecule has 2 aliphatic rings. The summed E-state index contributed by atoms with van der Waals surface area (Å²) in [5.74, 6) is 0.328. The van der Waals surface area contributed by atoms with Gasteiger partial charge in [0.2, 0.25) is 5.88 Å². The number of benzene rings is 1. The van der Waals surface area contributed by atoms with Gasteiger partial charge >= 0.3 is 0 Å². The molecule has 0 amide bonds. The molecule has 4 N–H and O–H groups in total. The van der Waals surface area contributed by atoms with Gasteiger partial charge in [-0.3, -0.25) is 9.47 Å². The van der Waals surface area contributed by atoms with Crippen LogP contribution in [-0.4, -0.2) is 76.8 Å². The Morgan fingerprint density at radius 3 is 2.42 bits per heavy atom. The smallest absolute Gasteiger partial charge is 0.218 e. The zero-order valence-electron chi connectivity index (χ0n) is 19.4. The van der Waals surface area contributed by atoms with Crippen molar-refractivity contribution in [2.45, 2.75) is 51.4 Å². The molecule has 1 unspecified atom stereocenters. The Balaban J connectivity index is 1.34. The van der Waals surface area contributed by atoms with Gasteiger partial charge < -0.3 is 30.3 Å². The zero-order valence-corrected chi connectivity index (χ0v) is 19.4. The van der Waals surface area contributed by atoms with E-state index in [-0.39, 0.29) is 30.2 Å². The van der Waals surface area contributed by atoms with Crippen LogP contribution in [0.2, 0.25) is 0 Å². The lowest BCUT2D eigenvalue weighted by molar-refractivity contribution is 0.0908. The van der Waals surface area contributed by atoms with Crippen molar-refractivity contribution in [3.05, 3.63) is 29.6 Å².